The average Bonchev–Trinajstić information content (AvgIpc) is 3.01. The number of aryl methyl sites for hydroxylation is 1. The van der Waals surface area contributed by atoms with Gasteiger partial charge in [-0.3, -0.25) is 4.90 Å². The summed E-state index contributed by atoms with van der Waals surface area (Å²) in [5.74, 6) is 0. The maximum absolute atomic E-state index is 2.57. The number of fused-ring (bicyclic) bond motifs is 4. The monoisotopic (exact) mass is 340 g/mol. The molecular weight excluding hydrogens is 316 g/mol. The molecule has 3 aromatic carbocycles. The van der Waals surface area contributed by atoms with E-state index in [4.69, 9.17) is 0 Å². The third-order valence-electron chi connectivity index (χ3n) is 5.77. The first-order chi connectivity index (χ1) is 12.8. The molecule has 0 amide bonds. The molecule has 1 aromatic heterocycles. The van der Waals surface area contributed by atoms with Crippen LogP contribution in [0, 0.1) is 0 Å². The second-order valence-corrected chi connectivity index (χ2v) is 7.34. The standard InChI is InChI=1S/C24H24N2/c1-2-26-23-10-6-5-9-21(23)22-15-18(11-12-24(22)26)16-25-14-13-19-7-3-4-8-20(19)17-25/h3-12,15H,2,13-14,16-17H2,1H3. The Labute approximate surface area is 154 Å². The Morgan fingerprint density at radius 3 is 2.46 bits per heavy atom. The van der Waals surface area contributed by atoms with Crippen molar-refractivity contribution in [3.05, 3.63) is 83.4 Å². The van der Waals surface area contributed by atoms with Gasteiger partial charge in [0, 0.05) is 48.0 Å². The van der Waals surface area contributed by atoms with E-state index in [0.717, 1.165) is 32.6 Å². The van der Waals surface area contributed by atoms with E-state index in [-0.39, 0.29) is 0 Å². The molecule has 0 fully saturated rings. The molecule has 0 saturated heterocycles. The van der Waals surface area contributed by atoms with Crippen molar-refractivity contribution < 1.29 is 0 Å². The van der Waals surface area contributed by atoms with Gasteiger partial charge in [0.2, 0.25) is 0 Å². The lowest BCUT2D eigenvalue weighted by molar-refractivity contribution is 0.245. The molecule has 0 aliphatic carbocycles. The molecule has 0 bridgehead atoms. The molecule has 0 spiro atoms. The Morgan fingerprint density at radius 1 is 0.808 bits per heavy atom. The maximum Gasteiger partial charge on any atom is 0.0491 e. The number of hydrogen-bond donors (Lipinski definition) is 0. The lowest BCUT2D eigenvalue weighted by Gasteiger charge is -2.28. The Hall–Kier alpha value is -2.58. The fraction of sp³-hybridized carbons (Fsp3) is 0.250. The van der Waals surface area contributed by atoms with E-state index in [1.54, 1.807) is 0 Å². The van der Waals surface area contributed by atoms with Crippen LogP contribution in [0.3, 0.4) is 0 Å². The van der Waals surface area contributed by atoms with Crippen molar-refractivity contribution >= 4 is 21.8 Å². The number of para-hydroxylation sites is 1. The Balaban J connectivity index is 1.50. The van der Waals surface area contributed by atoms with Crippen molar-refractivity contribution in [3.8, 4) is 0 Å². The van der Waals surface area contributed by atoms with Crippen LogP contribution in [-0.4, -0.2) is 16.0 Å². The number of benzene rings is 3. The third kappa shape index (κ3) is 2.53. The molecule has 130 valence electrons. The van der Waals surface area contributed by atoms with Gasteiger partial charge >= 0.3 is 0 Å². The zero-order valence-electron chi connectivity index (χ0n) is 15.3. The molecule has 2 heterocycles. The first-order valence-electron chi connectivity index (χ1n) is 9.62. The van der Waals surface area contributed by atoms with Crippen molar-refractivity contribution in [1.82, 2.24) is 9.47 Å². The number of rotatable bonds is 3. The normalized spacial score (nSPS) is 14.8. The number of nitrogens with zero attached hydrogens (tertiary/aromatic N) is 2. The van der Waals surface area contributed by atoms with Crippen LogP contribution < -0.4 is 0 Å². The van der Waals surface area contributed by atoms with Gasteiger partial charge in [0.1, 0.15) is 0 Å². The maximum atomic E-state index is 2.57. The predicted molar refractivity (Wildman–Crippen MR) is 109 cm³/mol. The highest BCUT2D eigenvalue weighted by atomic mass is 15.1. The molecule has 0 radical (unpaired) electrons. The van der Waals surface area contributed by atoms with Crippen molar-refractivity contribution in [3.63, 3.8) is 0 Å². The zero-order chi connectivity index (χ0) is 17.5. The lowest BCUT2D eigenvalue weighted by atomic mass is 9.99. The lowest BCUT2D eigenvalue weighted by Crippen LogP contribution is -2.29. The van der Waals surface area contributed by atoms with Gasteiger partial charge in [-0.15, -0.1) is 0 Å². The van der Waals surface area contributed by atoms with Crippen LogP contribution in [0.25, 0.3) is 21.8 Å². The van der Waals surface area contributed by atoms with E-state index in [1.165, 1.54) is 38.5 Å². The van der Waals surface area contributed by atoms with Crippen LogP contribution >= 0.6 is 0 Å². The zero-order valence-corrected chi connectivity index (χ0v) is 15.3. The largest absolute Gasteiger partial charge is 0.341 e. The molecule has 0 atom stereocenters. The van der Waals surface area contributed by atoms with Crippen molar-refractivity contribution in [2.24, 2.45) is 0 Å². The van der Waals surface area contributed by atoms with Gasteiger partial charge in [0.25, 0.3) is 0 Å². The van der Waals surface area contributed by atoms with Crippen molar-refractivity contribution in [2.75, 3.05) is 6.54 Å². The smallest absolute Gasteiger partial charge is 0.0491 e. The summed E-state index contributed by atoms with van der Waals surface area (Å²) in [6.45, 7) is 6.46. The van der Waals surface area contributed by atoms with Gasteiger partial charge in [-0.2, -0.15) is 0 Å². The fourth-order valence-corrected chi connectivity index (χ4v) is 4.49. The summed E-state index contributed by atoms with van der Waals surface area (Å²) >= 11 is 0. The van der Waals surface area contributed by atoms with Gasteiger partial charge < -0.3 is 4.57 Å². The average molecular weight is 340 g/mol. The van der Waals surface area contributed by atoms with Gasteiger partial charge in [-0.1, -0.05) is 48.5 Å². The SMILES string of the molecule is CCn1c2ccccc2c2cc(CN3CCc4ccccc4C3)ccc21. The van der Waals surface area contributed by atoms with Crippen LogP contribution in [0.5, 0.6) is 0 Å². The molecule has 26 heavy (non-hydrogen) atoms. The second kappa shape index (κ2) is 6.30. The third-order valence-corrected chi connectivity index (χ3v) is 5.77. The number of hydrogen-bond acceptors (Lipinski definition) is 1. The van der Waals surface area contributed by atoms with E-state index < -0.39 is 0 Å². The summed E-state index contributed by atoms with van der Waals surface area (Å²) in [4.78, 5) is 2.57. The van der Waals surface area contributed by atoms with E-state index >= 15 is 0 Å². The van der Waals surface area contributed by atoms with Gasteiger partial charge in [-0.05, 0) is 48.2 Å². The van der Waals surface area contributed by atoms with E-state index in [0.29, 0.717) is 0 Å². The van der Waals surface area contributed by atoms with E-state index in [1.807, 2.05) is 0 Å². The van der Waals surface area contributed by atoms with E-state index in [2.05, 4.69) is 83.1 Å². The number of aromatic nitrogens is 1. The molecule has 0 unspecified atom stereocenters. The van der Waals surface area contributed by atoms with Gasteiger partial charge in [0.15, 0.2) is 0 Å². The topological polar surface area (TPSA) is 8.17 Å². The second-order valence-electron chi connectivity index (χ2n) is 7.34. The summed E-state index contributed by atoms with van der Waals surface area (Å²) in [5.41, 5.74) is 7.11. The first kappa shape index (κ1) is 15.7. The summed E-state index contributed by atoms with van der Waals surface area (Å²) in [6, 6.07) is 24.7. The molecule has 2 heteroatoms. The highest BCUT2D eigenvalue weighted by molar-refractivity contribution is 6.08. The van der Waals surface area contributed by atoms with Crippen LogP contribution in [-0.2, 0) is 26.1 Å². The Kier molecular flexibility index (Phi) is 3.79. The van der Waals surface area contributed by atoms with E-state index in [9.17, 15) is 0 Å². The molecule has 0 N–H and O–H groups in total. The molecule has 4 aromatic rings. The van der Waals surface area contributed by atoms with Crippen molar-refractivity contribution in [1.29, 1.82) is 0 Å². The van der Waals surface area contributed by atoms with Crippen LogP contribution in [0.2, 0.25) is 0 Å². The highest BCUT2D eigenvalue weighted by Gasteiger charge is 2.16. The van der Waals surface area contributed by atoms with Crippen LogP contribution in [0.15, 0.2) is 66.7 Å². The summed E-state index contributed by atoms with van der Waals surface area (Å²) in [7, 11) is 0. The predicted octanol–water partition coefficient (Wildman–Crippen LogP) is 5.37. The molecule has 0 saturated carbocycles. The summed E-state index contributed by atoms with van der Waals surface area (Å²) in [5, 5.41) is 2.76. The van der Waals surface area contributed by atoms with Crippen LogP contribution in [0.4, 0.5) is 0 Å². The molecular formula is C24H24N2. The minimum absolute atomic E-state index is 1.01. The first-order valence-corrected chi connectivity index (χ1v) is 9.62. The molecule has 5 rings (SSSR count). The Morgan fingerprint density at radius 2 is 1.58 bits per heavy atom. The minimum atomic E-state index is 1.01. The van der Waals surface area contributed by atoms with Gasteiger partial charge in [-0.25, -0.2) is 0 Å². The molecule has 1 aliphatic heterocycles. The minimum Gasteiger partial charge on any atom is -0.341 e. The molecule has 2 nitrogen and oxygen atoms in total. The quantitative estimate of drug-likeness (QED) is 0.486. The van der Waals surface area contributed by atoms with Gasteiger partial charge in [0.05, 0.1) is 0 Å². The highest BCUT2D eigenvalue weighted by Crippen LogP contribution is 2.30. The summed E-state index contributed by atoms with van der Waals surface area (Å²) in [6.07, 6.45) is 1.16. The van der Waals surface area contributed by atoms with Crippen molar-refractivity contribution in [2.45, 2.75) is 33.0 Å². The Bertz CT molecular complexity index is 1090. The van der Waals surface area contributed by atoms with Crippen LogP contribution in [0.1, 0.15) is 23.6 Å². The summed E-state index contributed by atoms with van der Waals surface area (Å²) < 4.78 is 2.42. The fourth-order valence-electron chi connectivity index (χ4n) is 4.49. The molecule has 1 aliphatic rings.